The van der Waals surface area contributed by atoms with Crippen LogP contribution in [0.1, 0.15) is 25.0 Å². The Hall–Kier alpha value is -0.830. The van der Waals surface area contributed by atoms with Crippen LogP contribution in [0.25, 0.3) is 0 Å². The first kappa shape index (κ1) is 8.75. The Morgan fingerprint density at radius 2 is 2.46 bits per heavy atom. The van der Waals surface area contributed by atoms with E-state index in [-0.39, 0.29) is 0 Å². The molecule has 1 N–H and O–H groups in total. The van der Waals surface area contributed by atoms with Crippen molar-refractivity contribution in [1.82, 2.24) is 14.9 Å². The van der Waals surface area contributed by atoms with Gasteiger partial charge in [-0.25, -0.2) is 4.98 Å². The number of hydrogen-bond donors (Lipinski definition) is 1. The van der Waals surface area contributed by atoms with Crippen molar-refractivity contribution in [1.29, 1.82) is 0 Å². The second kappa shape index (κ2) is 3.50. The van der Waals surface area contributed by atoms with Gasteiger partial charge in [0.25, 0.3) is 0 Å². The van der Waals surface area contributed by atoms with Crippen LogP contribution in [0.15, 0.2) is 12.5 Å². The highest BCUT2D eigenvalue weighted by atomic mass is 15.0. The summed E-state index contributed by atoms with van der Waals surface area (Å²) in [6.07, 6.45) is 5.26. The first-order valence-corrected chi connectivity index (χ1v) is 4.96. The Morgan fingerprint density at radius 1 is 1.62 bits per heavy atom. The third kappa shape index (κ3) is 1.75. The van der Waals surface area contributed by atoms with Gasteiger partial charge >= 0.3 is 0 Å². The molecule has 0 aromatic carbocycles. The molecule has 3 nitrogen and oxygen atoms in total. The van der Waals surface area contributed by atoms with Crippen molar-refractivity contribution in [3.05, 3.63) is 18.2 Å². The maximum Gasteiger partial charge on any atom is 0.0946 e. The first-order chi connectivity index (χ1) is 6.27. The van der Waals surface area contributed by atoms with Crippen LogP contribution >= 0.6 is 0 Å². The molecule has 0 aliphatic carbocycles. The minimum absolute atomic E-state index is 0.655. The van der Waals surface area contributed by atoms with E-state index in [0.29, 0.717) is 11.8 Å². The summed E-state index contributed by atoms with van der Waals surface area (Å²) in [5.41, 5.74) is 1.26. The molecule has 0 amide bonds. The van der Waals surface area contributed by atoms with Crippen molar-refractivity contribution in [2.45, 2.75) is 19.3 Å². The molecule has 1 aliphatic heterocycles. The summed E-state index contributed by atoms with van der Waals surface area (Å²) < 4.78 is 2.03. The second-order valence-electron chi connectivity index (χ2n) is 4.04. The van der Waals surface area contributed by atoms with E-state index in [9.17, 15) is 0 Å². The summed E-state index contributed by atoms with van der Waals surface area (Å²) in [5.74, 6) is 1.37. The SMILES string of the molecule is CC1CNCCC1c1cn(C)cn1. The molecule has 1 aromatic heterocycles. The van der Waals surface area contributed by atoms with E-state index in [2.05, 4.69) is 23.4 Å². The molecule has 2 rings (SSSR count). The minimum Gasteiger partial charge on any atom is -0.340 e. The molecule has 0 radical (unpaired) electrons. The summed E-state index contributed by atoms with van der Waals surface area (Å²) >= 11 is 0. The monoisotopic (exact) mass is 179 g/mol. The van der Waals surface area contributed by atoms with Gasteiger partial charge in [-0.05, 0) is 25.4 Å². The number of piperidine rings is 1. The zero-order valence-corrected chi connectivity index (χ0v) is 8.33. The number of nitrogens with one attached hydrogen (secondary N) is 1. The predicted molar refractivity (Wildman–Crippen MR) is 52.6 cm³/mol. The summed E-state index contributed by atoms with van der Waals surface area (Å²) in [4.78, 5) is 4.43. The van der Waals surface area contributed by atoms with Gasteiger partial charge < -0.3 is 9.88 Å². The zero-order chi connectivity index (χ0) is 9.26. The quantitative estimate of drug-likeness (QED) is 0.700. The van der Waals surface area contributed by atoms with Crippen molar-refractivity contribution in [2.75, 3.05) is 13.1 Å². The highest BCUT2D eigenvalue weighted by Gasteiger charge is 2.23. The molecule has 3 heteroatoms. The van der Waals surface area contributed by atoms with Crippen LogP contribution in [0, 0.1) is 5.92 Å². The lowest BCUT2D eigenvalue weighted by molar-refractivity contribution is 0.345. The lowest BCUT2D eigenvalue weighted by Gasteiger charge is -2.28. The summed E-state index contributed by atoms with van der Waals surface area (Å²) in [5, 5.41) is 3.41. The average molecular weight is 179 g/mol. The molecule has 0 bridgehead atoms. The number of aryl methyl sites for hydroxylation is 1. The smallest absolute Gasteiger partial charge is 0.0946 e. The largest absolute Gasteiger partial charge is 0.340 e. The summed E-state index contributed by atoms with van der Waals surface area (Å²) in [6.45, 7) is 4.55. The number of aromatic nitrogens is 2. The van der Waals surface area contributed by atoms with Gasteiger partial charge in [0.2, 0.25) is 0 Å². The van der Waals surface area contributed by atoms with Crippen LogP contribution in [0.4, 0.5) is 0 Å². The number of rotatable bonds is 1. The molecular formula is C10H17N3. The van der Waals surface area contributed by atoms with Gasteiger partial charge in [0.15, 0.2) is 0 Å². The van der Waals surface area contributed by atoms with E-state index in [0.717, 1.165) is 13.1 Å². The van der Waals surface area contributed by atoms with E-state index in [1.165, 1.54) is 12.1 Å². The van der Waals surface area contributed by atoms with Crippen molar-refractivity contribution >= 4 is 0 Å². The van der Waals surface area contributed by atoms with Crippen LogP contribution in [0.2, 0.25) is 0 Å². The zero-order valence-electron chi connectivity index (χ0n) is 8.33. The van der Waals surface area contributed by atoms with E-state index in [1.54, 1.807) is 0 Å². The van der Waals surface area contributed by atoms with Crippen molar-refractivity contribution in [3.63, 3.8) is 0 Å². The molecule has 2 heterocycles. The fourth-order valence-corrected chi connectivity index (χ4v) is 2.08. The van der Waals surface area contributed by atoms with Crippen molar-refractivity contribution in [3.8, 4) is 0 Å². The van der Waals surface area contributed by atoms with Gasteiger partial charge in [0.1, 0.15) is 0 Å². The number of hydrogen-bond acceptors (Lipinski definition) is 2. The molecule has 1 saturated heterocycles. The van der Waals surface area contributed by atoms with E-state index < -0.39 is 0 Å². The number of imidazole rings is 1. The lowest BCUT2D eigenvalue weighted by Crippen LogP contribution is -2.33. The van der Waals surface area contributed by atoms with Crippen LogP contribution in [0.5, 0.6) is 0 Å². The molecule has 0 spiro atoms. The van der Waals surface area contributed by atoms with Crippen LogP contribution < -0.4 is 5.32 Å². The Balaban J connectivity index is 2.14. The van der Waals surface area contributed by atoms with Crippen LogP contribution in [-0.4, -0.2) is 22.6 Å². The molecule has 1 aromatic rings. The Kier molecular flexibility index (Phi) is 2.36. The lowest BCUT2D eigenvalue weighted by atomic mass is 9.86. The Morgan fingerprint density at radius 3 is 3.08 bits per heavy atom. The molecule has 0 saturated carbocycles. The third-order valence-corrected chi connectivity index (χ3v) is 2.89. The number of nitrogens with zero attached hydrogens (tertiary/aromatic N) is 2. The summed E-state index contributed by atoms with van der Waals surface area (Å²) in [6, 6.07) is 0. The maximum atomic E-state index is 4.43. The van der Waals surface area contributed by atoms with E-state index in [1.807, 2.05) is 17.9 Å². The molecule has 72 valence electrons. The maximum absolute atomic E-state index is 4.43. The second-order valence-corrected chi connectivity index (χ2v) is 4.04. The molecule has 13 heavy (non-hydrogen) atoms. The minimum atomic E-state index is 0.655. The van der Waals surface area contributed by atoms with Gasteiger partial charge in [0, 0.05) is 19.2 Å². The highest BCUT2D eigenvalue weighted by Crippen LogP contribution is 2.28. The van der Waals surface area contributed by atoms with E-state index in [4.69, 9.17) is 0 Å². The van der Waals surface area contributed by atoms with Crippen LogP contribution in [-0.2, 0) is 7.05 Å². The fraction of sp³-hybridized carbons (Fsp3) is 0.700. The molecule has 2 unspecified atom stereocenters. The van der Waals surface area contributed by atoms with Gasteiger partial charge in [-0.2, -0.15) is 0 Å². The standard InChI is InChI=1S/C10H17N3/c1-8-5-11-4-3-9(8)10-6-13(2)7-12-10/h6-9,11H,3-5H2,1-2H3. The third-order valence-electron chi connectivity index (χ3n) is 2.89. The Bertz CT molecular complexity index is 279. The molecule has 2 atom stereocenters. The molecule has 1 aliphatic rings. The normalized spacial score (nSPS) is 29.1. The van der Waals surface area contributed by atoms with Crippen LogP contribution in [0.3, 0.4) is 0 Å². The molecule has 1 fully saturated rings. The Labute approximate surface area is 79.2 Å². The topological polar surface area (TPSA) is 29.9 Å². The molecular weight excluding hydrogens is 162 g/mol. The highest BCUT2D eigenvalue weighted by molar-refractivity contribution is 5.07. The van der Waals surface area contributed by atoms with Crippen molar-refractivity contribution in [2.24, 2.45) is 13.0 Å². The average Bonchev–Trinajstić information content (AvgIpc) is 2.53. The first-order valence-electron chi connectivity index (χ1n) is 4.96. The van der Waals surface area contributed by atoms with Gasteiger partial charge in [0.05, 0.1) is 12.0 Å². The summed E-state index contributed by atoms with van der Waals surface area (Å²) in [7, 11) is 2.03. The van der Waals surface area contributed by atoms with Gasteiger partial charge in [-0.3, -0.25) is 0 Å². The van der Waals surface area contributed by atoms with Gasteiger partial charge in [-0.15, -0.1) is 0 Å². The fourth-order valence-electron chi connectivity index (χ4n) is 2.08. The van der Waals surface area contributed by atoms with Gasteiger partial charge in [-0.1, -0.05) is 6.92 Å². The van der Waals surface area contributed by atoms with E-state index >= 15 is 0 Å². The van der Waals surface area contributed by atoms with Crippen molar-refractivity contribution < 1.29 is 0 Å². The predicted octanol–water partition coefficient (Wildman–Crippen LogP) is 1.13.